The number of nitrogens with one attached hydrogen (secondary N) is 2. The lowest BCUT2D eigenvalue weighted by atomic mass is 9.98. The molecule has 380 valence electrons. The molecule has 0 aliphatic heterocycles. The average molecular weight is 1040 g/mol. The van der Waals surface area contributed by atoms with Gasteiger partial charge < -0.3 is 19.8 Å². The molecule has 0 saturated heterocycles. The summed E-state index contributed by atoms with van der Waals surface area (Å²) in [4.78, 5) is 59.8. The van der Waals surface area contributed by atoms with Gasteiger partial charge >= 0.3 is 12.4 Å². The largest absolute Gasteiger partial charge is 0.433 e. The molecule has 2 N–H and O–H groups in total. The van der Waals surface area contributed by atoms with Crippen LogP contribution in [-0.2, 0) is 38.7 Å². The van der Waals surface area contributed by atoms with E-state index in [9.17, 15) is 49.5 Å². The third-order valence-corrected chi connectivity index (χ3v) is 15.0. The van der Waals surface area contributed by atoms with Crippen LogP contribution in [0, 0.1) is 31.5 Å². The molecule has 0 bridgehead atoms. The highest BCUT2D eigenvalue weighted by Gasteiger charge is 2.31. The lowest BCUT2D eigenvalue weighted by Crippen LogP contribution is -2.31. The zero-order chi connectivity index (χ0) is 53.6. The molecule has 14 nitrogen and oxygen atoms in total. The summed E-state index contributed by atoms with van der Waals surface area (Å²) in [6.07, 6.45) is 1.96. The van der Waals surface area contributed by atoms with Gasteiger partial charge in [-0.15, -0.1) is 4.36 Å². The van der Waals surface area contributed by atoms with Crippen LogP contribution in [0.25, 0.3) is 27.1 Å². The Hall–Kier alpha value is -7.75. The Bertz CT molecular complexity index is 3610. The Morgan fingerprint density at radius 2 is 1.18 bits per heavy atom. The Labute approximate surface area is 418 Å². The van der Waals surface area contributed by atoms with E-state index in [1.807, 2.05) is 13.8 Å². The van der Waals surface area contributed by atoms with Crippen LogP contribution in [0.4, 0.5) is 22.0 Å². The predicted octanol–water partition coefficient (Wildman–Crippen LogP) is 10.3. The number of nitriles is 1. The first kappa shape index (κ1) is 54.6. The molecule has 0 saturated carbocycles. The smallest absolute Gasteiger partial charge is 0.348 e. The van der Waals surface area contributed by atoms with Gasteiger partial charge in [0.25, 0.3) is 18.2 Å². The molecule has 4 aromatic carbocycles. The summed E-state index contributed by atoms with van der Waals surface area (Å²) in [5.74, 6) is -1.52. The summed E-state index contributed by atoms with van der Waals surface area (Å²) < 4.78 is 106. The molecule has 2 heterocycles. The van der Waals surface area contributed by atoms with Crippen LogP contribution in [0.2, 0.25) is 0 Å². The number of carbonyl (C=O) groups is 2. The van der Waals surface area contributed by atoms with Gasteiger partial charge in [0, 0.05) is 77.0 Å². The van der Waals surface area contributed by atoms with Crippen LogP contribution in [0.1, 0.15) is 93.6 Å². The first-order valence-electron chi connectivity index (χ1n) is 22.4. The van der Waals surface area contributed by atoms with Crippen LogP contribution < -0.4 is 21.5 Å². The summed E-state index contributed by atoms with van der Waals surface area (Å²) in [7, 11) is -6.09. The van der Waals surface area contributed by atoms with E-state index in [0.29, 0.717) is 32.3 Å². The number of pyridine rings is 2. The van der Waals surface area contributed by atoms with E-state index in [-0.39, 0.29) is 64.6 Å². The predicted molar refractivity (Wildman–Crippen MR) is 269 cm³/mol. The molecule has 0 fully saturated rings. The van der Waals surface area contributed by atoms with Crippen molar-refractivity contribution in [1.29, 1.82) is 5.26 Å². The standard InChI is InChI=1S/C52H49F5N8O6S2/c1-31(2)64-27-43(47(66)45(33(64)4)38-11-9-13-40(23-38)52(55,56)57)50(68)60-25-36-16-20-42(21-17-36)73(7,71)63-30-59-24-32(3)65-28-44(48(67)46(34(65)5)37-10-8-12-39(22-37)49(53)54)51(69)61-26-35-14-18-41(19-15-35)72(6,70)62-29-58/h8-23,27-28,31-32,49H,24-26H2,1-7H3,(H-,60,61,68,69)/p+1. The Morgan fingerprint density at radius 1 is 0.712 bits per heavy atom. The van der Waals surface area contributed by atoms with Crippen molar-refractivity contribution in [3.8, 4) is 34.6 Å². The Balaban J connectivity index is 1.20. The van der Waals surface area contributed by atoms with E-state index in [2.05, 4.69) is 30.4 Å². The van der Waals surface area contributed by atoms with Crippen molar-refractivity contribution in [2.75, 3.05) is 19.1 Å². The average Bonchev–Trinajstić information content (AvgIpc) is 3.34. The van der Waals surface area contributed by atoms with Crippen molar-refractivity contribution in [2.24, 2.45) is 8.73 Å². The van der Waals surface area contributed by atoms with Crippen molar-refractivity contribution in [1.82, 2.24) is 19.8 Å². The molecule has 0 aliphatic carbocycles. The van der Waals surface area contributed by atoms with Crippen molar-refractivity contribution in [3.05, 3.63) is 180 Å². The van der Waals surface area contributed by atoms with Crippen molar-refractivity contribution in [2.45, 2.75) is 82.2 Å². The molecule has 73 heavy (non-hydrogen) atoms. The highest BCUT2D eigenvalue weighted by Crippen LogP contribution is 2.33. The van der Waals surface area contributed by atoms with Crippen LogP contribution in [0.15, 0.2) is 138 Å². The van der Waals surface area contributed by atoms with Gasteiger partial charge in [0.1, 0.15) is 11.1 Å². The van der Waals surface area contributed by atoms with E-state index in [0.717, 1.165) is 12.1 Å². The van der Waals surface area contributed by atoms with Gasteiger partial charge in [-0.05, 0) is 99.3 Å². The zero-order valence-corrected chi connectivity index (χ0v) is 42.2. The number of alkyl halides is 5. The fourth-order valence-corrected chi connectivity index (χ4v) is 9.81. The third-order valence-electron chi connectivity index (χ3n) is 11.9. The Kier molecular flexibility index (Phi) is 16.7. The topological polar surface area (TPSA) is 189 Å². The highest BCUT2D eigenvalue weighted by molar-refractivity contribution is 7.93. The molecular formula is C52H50F5N8O6S2+. The molecule has 0 spiro atoms. The number of aromatic nitrogens is 2. The minimum atomic E-state index is -4.65. The number of hydrogen-bond acceptors (Lipinski definition) is 9. The summed E-state index contributed by atoms with van der Waals surface area (Å²) in [6, 6.07) is 21.3. The number of nitrogens with zero attached hydrogens (tertiary/aromatic N) is 6. The van der Waals surface area contributed by atoms with E-state index < -0.39 is 66.3 Å². The van der Waals surface area contributed by atoms with Gasteiger partial charge in [-0.2, -0.15) is 23.3 Å². The quantitative estimate of drug-likeness (QED) is 0.0802. The summed E-state index contributed by atoms with van der Waals surface area (Å²) in [6.45, 7) is 8.40. The number of carbonyl (C=O) groups excluding carboxylic acids is 2. The maximum Gasteiger partial charge on any atom is 0.433 e. The zero-order valence-electron chi connectivity index (χ0n) is 40.6. The number of benzene rings is 4. The normalized spacial score (nSPS) is 13.4. The second-order valence-electron chi connectivity index (χ2n) is 17.4. The van der Waals surface area contributed by atoms with Crippen LogP contribution in [0.3, 0.4) is 0 Å². The third kappa shape index (κ3) is 12.7. The summed E-state index contributed by atoms with van der Waals surface area (Å²) in [5, 5.41) is 14.3. The number of rotatable bonds is 14. The van der Waals surface area contributed by atoms with E-state index in [4.69, 9.17) is 5.26 Å². The minimum Gasteiger partial charge on any atom is -0.348 e. The van der Waals surface area contributed by atoms with Crippen molar-refractivity contribution >= 4 is 31.3 Å². The van der Waals surface area contributed by atoms with Gasteiger partial charge in [-0.1, -0.05) is 54.6 Å². The van der Waals surface area contributed by atoms with Crippen molar-refractivity contribution < 1.29 is 40.0 Å². The molecule has 6 rings (SSSR count). The Morgan fingerprint density at radius 3 is 1.66 bits per heavy atom. The molecule has 2 aromatic heterocycles. The van der Waals surface area contributed by atoms with Gasteiger partial charge in [0.15, 0.2) is 9.73 Å². The molecule has 0 aliphatic rings. The number of hydrogen-bond donors (Lipinski definition) is 2. The molecule has 0 radical (unpaired) electrons. The molecular weight excluding hydrogens is 992 g/mol. The van der Waals surface area contributed by atoms with Crippen LogP contribution in [0.5, 0.6) is 0 Å². The molecule has 21 heteroatoms. The minimum absolute atomic E-state index is 0.00952. The molecule has 2 amide bonds. The fraction of sp³-hybridized carbons (Fsp3) is 0.269. The SMILES string of the molecule is Cc1c(-c2cccc(C(F)(F)F)c2)c(=O)c(C(=O)NCc2ccc(S(C)(=O)=NC#[N+]CC(C)n3cc(C(=O)NCc4ccc(S(C)(=O)=NC#N)cc4)c(=O)c(-c4cccc(C(F)F)c4)c3C)cc2)cn1C(C)C. The van der Waals surface area contributed by atoms with Gasteiger partial charge in [-0.25, -0.2) is 17.2 Å². The lowest BCUT2D eigenvalue weighted by Gasteiger charge is -2.20. The highest BCUT2D eigenvalue weighted by atomic mass is 32.2. The van der Waals surface area contributed by atoms with Crippen molar-refractivity contribution in [3.63, 3.8) is 0 Å². The monoisotopic (exact) mass is 1040 g/mol. The van der Waals surface area contributed by atoms with E-state index in [1.54, 1.807) is 60.4 Å². The lowest BCUT2D eigenvalue weighted by molar-refractivity contribution is -0.137. The van der Waals surface area contributed by atoms with Crippen LogP contribution in [-0.4, -0.2) is 48.4 Å². The van der Waals surface area contributed by atoms with Gasteiger partial charge in [0.05, 0.1) is 30.6 Å². The fourth-order valence-electron chi connectivity index (χ4n) is 7.95. The number of amides is 2. The molecule has 6 aromatic rings. The second kappa shape index (κ2) is 22.3. The first-order valence-corrected chi connectivity index (χ1v) is 26.2. The van der Waals surface area contributed by atoms with E-state index >= 15 is 0 Å². The number of halogens is 5. The maximum atomic E-state index is 14.0. The second-order valence-corrected chi connectivity index (χ2v) is 21.9. The van der Waals surface area contributed by atoms with Crippen LogP contribution >= 0.6 is 0 Å². The molecule has 3 unspecified atom stereocenters. The first-order chi connectivity index (χ1) is 34.3. The van der Waals surface area contributed by atoms with Gasteiger partial charge in [0.2, 0.25) is 23.6 Å². The summed E-state index contributed by atoms with van der Waals surface area (Å²) >= 11 is 0. The van der Waals surface area contributed by atoms with E-state index in [1.165, 1.54) is 85.6 Å². The summed E-state index contributed by atoms with van der Waals surface area (Å²) in [5.41, 5.74) is -1.22. The van der Waals surface area contributed by atoms with Gasteiger partial charge in [-0.3, -0.25) is 19.2 Å². The maximum absolute atomic E-state index is 14.0. The molecule has 3 atom stereocenters.